The predicted octanol–water partition coefficient (Wildman–Crippen LogP) is 2.67. The number of hydrogen-bond donors (Lipinski definition) is 0. The topological polar surface area (TPSA) is 0 Å². The van der Waals surface area contributed by atoms with Crippen LogP contribution in [0.3, 0.4) is 0 Å². The van der Waals surface area contributed by atoms with E-state index in [4.69, 9.17) is 0 Å². The van der Waals surface area contributed by atoms with Crippen LogP contribution >= 0.6 is 15.9 Å². The van der Waals surface area contributed by atoms with E-state index in [1.165, 1.54) is 12.1 Å². The molecule has 0 unspecified atom stereocenters. The van der Waals surface area contributed by atoms with E-state index in [-0.39, 0.29) is 11.2 Å². The molecule has 66 valence electrons. The van der Waals surface area contributed by atoms with Crippen molar-refractivity contribution in [3.05, 3.63) is 30.3 Å². The predicted molar refractivity (Wildman–Crippen MR) is 52.6 cm³/mol. The molecule has 0 fully saturated rings. The van der Waals surface area contributed by atoms with E-state index in [0.717, 1.165) is 0 Å². The fourth-order valence-electron chi connectivity index (χ4n) is 0.945. The lowest BCUT2D eigenvalue weighted by Crippen LogP contribution is -2.38. The fourth-order valence-corrected chi connectivity index (χ4v) is 3.65. The van der Waals surface area contributed by atoms with Gasteiger partial charge in [0, 0.05) is 16.6 Å². The summed E-state index contributed by atoms with van der Waals surface area (Å²) in [5, 5.41) is 0.602. The largest absolute Gasteiger partial charge is 0.456 e. The lowest BCUT2D eigenvalue weighted by Gasteiger charge is -2.10. The van der Waals surface area contributed by atoms with E-state index in [2.05, 4.69) is 15.9 Å². The first-order valence-corrected chi connectivity index (χ1v) is 6.74. The Balaban J connectivity index is 2.82. The average Bonchev–Trinajstić information content (AvgIpc) is 2.06. The molecule has 0 aliphatic rings. The zero-order chi connectivity index (χ0) is 9.03. The summed E-state index contributed by atoms with van der Waals surface area (Å²) in [6, 6.07) is 8.07. The Morgan fingerprint density at radius 2 is 1.75 bits per heavy atom. The van der Waals surface area contributed by atoms with Gasteiger partial charge in [0.25, 0.3) is 0 Å². The van der Waals surface area contributed by atoms with Crippen molar-refractivity contribution < 1.29 is 8.22 Å². The molecule has 0 spiro atoms. The molecular weight excluding hydrogens is 242 g/mol. The van der Waals surface area contributed by atoms with E-state index in [1.807, 2.05) is 0 Å². The van der Waals surface area contributed by atoms with Crippen molar-refractivity contribution in [3.63, 3.8) is 0 Å². The molecule has 1 aromatic rings. The Morgan fingerprint density at radius 1 is 1.17 bits per heavy atom. The maximum absolute atomic E-state index is 13.3. The van der Waals surface area contributed by atoms with Crippen molar-refractivity contribution in [1.82, 2.24) is 0 Å². The van der Waals surface area contributed by atoms with Gasteiger partial charge in [0.15, 0.2) is 0 Å². The first-order chi connectivity index (χ1) is 5.67. The van der Waals surface area contributed by atoms with E-state index in [1.54, 1.807) is 18.2 Å². The molecule has 0 radical (unpaired) electrons. The minimum atomic E-state index is -4.13. The van der Waals surface area contributed by atoms with Crippen molar-refractivity contribution in [2.45, 2.75) is 6.04 Å². The highest BCUT2D eigenvalue weighted by atomic mass is 79.9. The van der Waals surface area contributed by atoms with Gasteiger partial charge in [-0.3, -0.25) is 8.22 Å². The standard InChI is InChI=1S/C8H9BrF2Si/c9-6-7-12(10,11)8-4-2-1-3-5-8/h1-5H,6-7H2. The van der Waals surface area contributed by atoms with Crippen LogP contribution in [0, 0.1) is 0 Å². The minimum absolute atomic E-state index is 0.0169. The van der Waals surface area contributed by atoms with Crippen molar-refractivity contribution in [2.75, 3.05) is 5.33 Å². The number of alkyl halides is 1. The highest BCUT2D eigenvalue weighted by Crippen LogP contribution is 2.14. The van der Waals surface area contributed by atoms with E-state index in [9.17, 15) is 8.22 Å². The van der Waals surface area contributed by atoms with Crippen LogP contribution in [0.15, 0.2) is 30.3 Å². The van der Waals surface area contributed by atoms with Crippen LogP contribution in [0.4, 0.5) is 8.22 Å². The number of rotatable bonds is 3. The lowest BCUT2D eigenvalue weighted by molar-refractivity contribution is 0.627. The van der Waals surface area contributed by atoms with Crippen LogP contribution in [-0.2, 0) is 0 Å². The summed E-state index contributed by atoms with van der Waals surface area (Å²) in [4.78, 5) is 0. The van der Waals surface area contributed by atoms with E-state index >= 15 is 0 Å². The van der Waals surface area contributed by atoms with Crippen LogP contribution in [-0.4, -0.2) is 14.1 Å². The molecule has 4 heteroatoms. The van der Waals surface area contributed by atoms with Gasteiger partial charge in [-0.05, 0) is 0 Å². The van der Waals surface area contributed by atoms with E-state index in [0.29, 0.717) is 5.33 Å². The molecule has 0 bridgehead atoms. The molecule has 12 heavy (non-hydrogen) atoms. The summed E-state index contributed by atoms with van der Waals surface area (Å²) >= 11 is 3.04. The lowest BCUT2D eigenvalue weighted by atomic mass is 10.4. The fraction of sp³-hybridized carbons (Fsp3) is 0.250. The summed E-state index contributed by atoms with van der Waals surface area (Å²) < 4.78 is 26.5. The van der Waals surface area contributed by atoms with Crippen molar-refractivity contribution in [3.8, 4) is 0 Å². The van der Waals surface area contributed by atoms with Gasteiger partial charge in [0.05, 0.1) is 0 Å². The van der Waals surface area contributed by atoms with Crippen molar-refractivity contribution >= 4 is 29.9 Å². The Hall–Kier alpha value is -0.223. The molecule has 0 saturated heterocycles. The van der Waals surface area contributed by atoms with Gasteiger partial charge >= 0.3 is 8.74 Å². The zero-order valence-corrected chi connectivity index (χ0v) is 9.02. The zero-order valence-electron chi connectivity index (χ0n) is 6.43. The SMILES string of the molecule is F[Si](F)(CCBr)c1ccccc1. The number of benzene rings is 1. The van der Waals surface area contributed by atoms with Gasteiger partial charge < -0.3 is 0 Å². The first kappa shape index (κ1) is 9.86. The summed E-state index contributed by atoms with van der Waals surface area (Å²) in [6.45, 7) is 0. The van der Waals surface area contributed by atoms with Gasteiger partial charge in [-0.1, -0.05) is 46.3 Å². The third-order valence-corrected chi connectivity index (χ3v) is 4.79. The second-order valence-electron chi connectivity index (χ2n) is 2.51. The molecule has 0 saturated carbocycles. The van der Waals surface area contributed by atoms with Crippen LogP contribution < -0.4 is 5.19 Å². The van der Waals surface area contributed by atoms with Gasteiger partial charge in [-0.2, -0.15) is 0 Å². The summed E-state index contributed by atoms with van der Waals surface area (Å²) in [5.74, 6) is 0. The smallest absolute Gasteiger partial charge is 0.265 e. The van der Waals surface area contributed by atoms with Crippen LogP contribution in [0.5, 0.6) is 0 Å². The highest BCUT2D eigenvalue weighted by Gasteiger charge is 2.36. The summed E-state index contributed by atoms with van der Waals surface area (Å²) in [5.41, 5.74) is 0. The van der Waals surface area contributed by atoms with Crippen molar-refractivity contribution in [1.29, 1.82) is 0 Å². The Kier molecular flexibility index (Phi) is 3.40. The third-order valence-electron chi connectivity index (χ3n) is 1.60. The Bertz CT molecular complexity index is 238. The van der Waals surface area contributed by atoms with Gasteiger partial charge in [0.1, 0.15) is 0 Å². The molecule has 0 aliphatic heterocycles. The third kappa shape index (κ3) is 2.38. The maximum atomic E-state index is 13.3. The first-order valence-electron chi connectivity index (χ1n) is 3.66. The van der Waals surface area contributed by atoms with Crippen LogP contribution in [0.1, 0.15) is 0 Å². The molecule has 0 heterocycles. The second kappa shape index (κ2) is 4.14. The van der Waals surface area contributed by atoms with Gasteiger partial charge in [-0.15, -0.1) is 0 Å². The minimum Gasteiger partial charge on any atom is -0.265 e. The van der Waals surface area contributed by atoms with Gasteiger partial charge in [-0.25, -0.2) is 0 Å². The monoisotopic (exact) mass is 250 g/mol. The molecule has 0 nitrogen and oxygen atoms in total. The Labute approximate surface area is 80.1 Å². The Morgan fingerprint density at radius 3 is 2.25 bits per heavy atom. The van der Waals surface area contributed by atoms with Gasteiger partial charge in [0.2, 0.25) is 0 Å². The normalized spacial score (nSPS) is 11.6. The summed E-state index contributed by atoms with van der Waals surface area (Å²) in [6.07, 6.45) is 0. The molecule has 0 amide bonds. The molecule has 1 rings (SSSR count). The molecule has 0 N–H and O–H groups in total. The molecule has 0 aromatic heterocycles. The van der Waals surface area contributed by atoms with E-state index < -0.39 is 8.74 Å². The molecule has 1 aromatic carbocycles. The number of halogens is 3. The molecule has 0 aliphatic carbocycles. The van der Waals surface area contributed by atoms with Crippen molar-refractivity contribution in [2.24, 2.45) is 0 Å². The maximum Gasteiger partial charge on any atom is 0.456 e. The quantitative estimate of drug-likeness (QED) is 0.440. The van der Waals surface area contributed by atoms with Crippen LogP contribution in [0.25, 0.3) is 0 Å². The number of hydrogen-bond acceptors (Lipinski definition) is 0. The average molecular weight is 251 g/mol. The highest BCUT2D eigenvalue weighted by molar-refractivity contribution is 9.09. The van der Waals surface area contributed by atoms with Crippen LogP contribution in [0.2, 0.25) is 6.04 Å². The molecule has 0 atom stereocenters. The summed E-state index contributed by atoms with van der Waals surface area (Å²) in [7, 11) is -4.13. The second-order valence-corrected chi connectivity index (χ2v) is 5.79. The molecular formula is C8H9BrF2Si.